The molecule has 0 saturated heterocycles. The number of carbonyl (C=O) groups excluding carboxylic acids is 1. The first-order chi connectivity index (χ1) is 13.2. The molecule has 1 amide bonds. The highest BCUT2D eigenvalue weighted by molar-refractivity contribution is 5.77. The average Bonchev–Trinajstić information content (AvgIpc) is 2.66. The molecule has 2 aromatic carbocycles. The smallest absolute Gasteiger partial charge is 0.416 e. The predicted molar refractivity (Wildman–Crippen MR) is 100 cm³/mol. The number of carbonyl (C=O) groups is 1. The summed E-state index contributed by atoms with van der Waals surface area (Å²) >= 11 is 0. The Labute approximate surface area is 162 Å². The number of benzene rings is 2. The molecule has 0 aliphatic heterocycles. The minimum absolute atomic E-state index is 0.142. The largest absolute Gasteiger partial charge is 0.491 e. The van der Waals surface area contributed by atoms with Crippen molar-refractivity contribution in [1.29, 1.82) is 0 Å². The van der Waals surface area contributed by atoms with Gasteiger partial charge in [-0.05, 0) is 23.8 Å². The molecule has 2 rings (SSSR count). The molecule has 28 heavy (non-hydrogen) atoms. The Balaban J connectivity index is 1.74. The standard InChI is InChI=1S/C21H24F3NO3/c1-20(2,16-7-6-8-17(13-16)21(22,23)24)15-25-19(26)14-27-11-12-28-18-9-4-3-5-10-18/h3-10,13H,11-12,14-15H2,1-2H3,(H,25,26). The third kappa shape index (κ3) is 6.88. The maximum Gasteiger partial charge on any atom is 0.416 e. The number of hydrogen-bond donors (Lipinski definition) is 1. The van der Waals surface area contributed by atoms with Gasteiger partial charge >= 0.3 is 6.18 Å². The first kappa shape index (κ1) is 21.8. The molecule has 0 radical (unpaired) electrons. The van der Waals surface area contributed by atoms with Gasteiger partial charge in [-0.15, -0.1) is 0 Å². The van der Waals surface area contributed by atoms with Gasteiger partial charge < -0.3 is 14.8 Å². The van der Waals surface area contributed by atoms with E-state index in [1.54, 1.807) is 19.9 Å². The van der Waals surface area contributed by atoms with Crippen LogP contribution in [0, 0.1) is 0 Å². The summed E-state index contributed by atoms with van der Waals surface area (Å²) in [5.41, 5.74) is -0.862. The highest BCUT2D eigenvalue weighted by atomic mass is 19.4. The number of ether oxygens (including phenoxy) is 2. The summed E-state index contributed by atoms with van der Waals surface area (Å²) in [5.74, 6) is 0.387. The Morgan fingerprint density at radius 1 is 0.964 bits per heavy atom. The topological polar surface area (TPSA) is 47.6 Å². The number of alkyl halides is 3. The minimum Gasteiger partial charge on any atom is -0.491 e. The molecule has 7 heteroatoms. The van der Waals surface area contributed by atoms with Crippen LogP contribution in [0.15, 0.2) is 54.6 Å². The Bertz CT molecular complexity index is 761. The van der Waals surface area contributed by atoms with Gasteiger partial charge in [0.1, 0.15) is 19.0 Å². The molecule has 4 nitrogen and oxygen atoms in total. The summed E-state index contributed by atoms with van der Waals surface area (Å²) in [4.78, 5) is 11.9. The van der Waals surface area contributed by atoms with E-state index in [4.69, 9.17) is 9.47 Å². The van der Waals surface area contributed by atoms with Gasteiger partial charge in [0.2, 0.25) is 5.91 Å². The SMILES string of the molecule is CC(C)(CNC(=O)COCCOc1ccccc1)c1cccc(C(F)(F)F)c1. The van der Waals surface area contributed by atoms with Crippen LogP contribution in [0.5, 0.6) is 5.75 Å². The van der Waals surface area contributed by atoms with Crippen LogP contribution < -0.4 is 10.1 Å². The molecule has 0 heterocycles. The lowest BCUT2D eigenvalue weighted by Crippen LogP contribution is -2.38. The second-order valence-corrected chi connectivity index (χ2v) is 6.95. The Kier molecular flexibility index (Phi) is 7.45. The minimum atomic E-state index is -4.40. The number of amides is 1. The van der Waals surface area contributed by atoms with Crippen molar-refractivity contribution in [3.8, 4) is 5.75 Å². The zero-order valence-electron chi connectivity index (χ0n) is 15.9. The first-order valence-electron chi connectivity index (χ1n) is 8.88. The van der Waals surface area contributed by atoms with Gasteiger partial charge in [0.15, 0.2) is 0 Å². The summed E-state index contributed by atoms with van der Waals surface area (Å²) in [7, 11) is 0. The Morgan fingerprint density at radius 2 is 1.64 bits per heavy atom. The summed E-state index contributed by atoms with van der Waals surface area (Å²) in [6.45, 7) is 4.16. The van der Waals surface area contributed by atoms with E-state index in [9.17, 15) is 18.0 Å². The third-order valence-corrected chi connectivity index (χ3v) is 4.17. The fourth-order valence-corrected chi connectivity index (χ4v) is 2.49. The molecule has 0 bridgehead atoms. The predicted octanol–water partition coefficient (Wildman–Crippen LogP) is 4.19. The van der Waals surface area contributed by atoms with E-state index in [2.05, 4.69) is 5.32 Å². The summed E-state index contributed by atoms with van der Waals surface area (Å²) in [5, 5.41) is 2.70. The maximum absolute atomic E-state index is 12.9. The van der Waals surface area contributed by atoms with Gasteiger partial charge in [0.25, 0.3) is 0 Å². The number of para-hydroxylation sites is 1. The summed E-state index contributed by atoms with van der Waals surface area (Å²) in [6, 6.07) is 14.4. The van der Waals surface area contributed by atoms with Crippen LogP contribution in [0.25, 0.3) is 0 Å². The van der Waals surface area contributed by atoms with Crippen molar-refractivity contribution in [2.75, 3.05) is 26.4 Å². The van der Waals surface area contributed by atoms with Crippen molar-refractivity contribution in [3.63, 3.8) is 0 Å². The van der Waals surface area contributed by atoms with Crippen LogP contribution >= 0.6 is 0 Å². The second kappa shape index (κ2) is 9.59. The molecule has 0 unspecified atom stereocenters. The second-order valence-electron chi connectivity index (χ2n) is 6.95. The van der Waals surface area contributed by atoms with E-state index < -0.39 is 17.2 Å². The Hall–Kier alpha value is -2.54. The van der Waals surface area contributed by atoms with Crippen molar-refractivity contribution in [3.05, 3.63) is 65.7 Å². The highest BCUT2D eigenvalue weighted by Gasteiger charge is 2.32. The molecular weight excluding hydrogens is 371 g/mol. The summed E-state index contributed by atoms with van der Waals surface area (Å²) < 4.78 is 49.4. The zero-order valence-corrected chi connectivity index (χ0v) is 15.9. The molecule has 2 aromatic rings. The number of hydrogen-bond acceptors (Lipinski definition) is 3. The van der Waals surface area contributed by atoms with Crippen LogP contribution in [-0.4, -0.2) is 32.3 Å². The van der Waals surface area contributed by atoms with Crippen LogP contribution in [0.4, 0.5) is 13.2 Å². The van der Waals surface area contributed by atoms with E-state index >= 15 is 0 Å². The molecule has 1 N–H and O–H groups in total. The monoisotopic (exact) mass is 395 g/mol. The van der Waals surface area contributed by atoms with Crippen molar-refractivity contribution >= 4 is 5.91 Å². The van der Waals surface area contributed by atoms with E-state index in [1.165, 1.54) is 6.07 Å². The van der Waals surface area contributed by atoms with E-state index in [1.807, 2.05) is 30.3 Å². The van der Waals surface area contributed by atoms with Crippen LogP contribution in [0.2, 0.25) is 0 Å². The van der Waals surface area contributed by atoms with Crippen LogP contribution in [0.3, 0.4) is 0 Å². The van der Waals surface area contributed by atoms with Gasteiger partial charge in [-0.25, -0.2) is 0 Å². The molecule has 152 valence electrons. The average molecular weight is 395 g/mol. The van der Waals surface area contributed by atoms with Gasteiger partial charge in [0, 0.05) is 12.0 Å². The third-order valence-electron chi connectivity index (χ3n) is 4.17. The fourth-order valence-electron chi connectivity index (χ4n) is 2.49. The number of rotatable bonds is 9. The molecule has 0 spiro atoms. The van der Waals surface area contributed by atoms with Crippen LogP contribution in [-0.2, 0) is 21.1 Å². The summed E-state index contributed by atoms with van der Waals surface area (Å²) in [6.07, 6.45) is -4.40. The quantitative estimate of drug-likeness (QED) is 0.648. The molecule has 0 aromatic heterocycles. The molecular formula is C21H24F3NO3. The number of nitrogens with one attached hydrogen (secondary N) is 1. The van der Waals surface area contributed by atoms with Gasteiger partial charge in [-0.3, -0.25) is 4.79 Å². The highest BCUT2D eigenvalue weighted by Crippen LogP contribution is 2.32. The van der Waals surface area contributed by atoms with Gasteiger partial charge in [0.05, 0.1) is 12.2 Å². The van der Waals surface area contributed by atoms with E-state index in [-0.39, 0.29) is 25.7 Å². The molecule has 0 saturated carbocycles. The first-order valence-corrected chi connectivity index (χ1v) is 8.88. The van der Waals surface area contributed by atoms with Crippen molar-refractivity contribution in [1.82, 2.24) is 5.32 Å². The van der Waals surface area contributed by atoms with Crippen molar-refractivity contribution < 1.29 is 27.4 Å². The van der Waals surface area contributed by atoms with Crippen LogP contribution in [0.1, 0.15) is 25.0 Å². The van der Waals surface area contributed by atoms with E-state index in [0.717, 1.165) is 17.9 Å². The lowest BCUT2D eigenvalue weighted by molar-refractivity contribution is -0.137. The number of halogens is 3. The fraction of sp³-hybridized carbons (Fsp3) is 0.381. The lowest BCUT2D eigenvalue weighted by Gasteiger charge is -2.26. The zero-order chi connectivity index (χ0) is 20.6. The van der Waals surface area contributed by atoms with Crippen molar-refractivity contribution in [2.45, 2.75) is 25.4 Å². The van der Waals surface area contributed by atoms with E-state index in [0.29, 0.717) is 12.2 Å². The van der Waals surface area contributed by atoms with Gasteiger partial charge in [-0.2, -0.15) is 13.2 Å². The molecule has 0 atom stereocenters. The molecule has 0 aliphatic rings. The van der Waals surface area contributed by atoms with Crippen molar-refractivity contribution in [2.24, 2.45) is 0 Å². The Morgan fingerprint density at radius 3 is 2.32 bits per heavy atom. The maximum atomic E-state index is 12.9. The molecule has 0 aliphatic carbocycles. The molecule has 0 fully saturated rings. The van der Waals surface area contributed by atoms with Gasteiger partial charge in [-0.1, -0.05) is 50.2 Å². The lowest BCUT2D eigenvalue weighted by atomic mass is 9.83. The normalized spacial score (nSPS) is 11.9.